The normalized spacial score (nSPS) is 17.6. The lowest BCUT2D eigenvalue weighted by Crippen LogP contribution is -2.27. The molecule has 2 rings (SSSR count). The highest BCUT2D eigenvalue weighted by atomic mass is 19.1. The molecule has 0 unspecified atom stereocenters. The SMILES string of the molecule is Cc1cc(F)cc(N2CCCNCC2)c1. The average molecular weight is 208 g/mol. The van der Waals surface area contributed by atoms with Crippen molar-refractivity contribution in [2.45, 2.75) is 13.3 Å². The largest absolute Gasteiger partial charge is 0.370 e. The molecule has 1 heterocycles. The molecule has 0 saturated carbocycles. The van der Waals surface area contributed by atoms with E-state index in [1.807, 2.05) is 6.92 Å². The summed E-state index contributed by atoms with van der Waals surface area (Å²) in [5.74, 6) is -0.137. The summed E-state index contributed by atoms with van der Waals surface area (Å²) in [7, 11) is 0. The minimum Gasteiger partial charge on any atom is -0.370 e. The molecule has 0 spiro atoms. The van der Waals surface area contributed by atoms with Crippen molar-refractivity contribution in [2.24, 2.45) is 0 Å². The van der Waals surface area contributed by atoms with Crippen molar-refractivity contribution in [1.82, 2.24) is 5.32 Å². The molecule has 1 aromatic rings. The molecule has 0 aliphatic carbocycles. The third-order valence-corrected chi connectivity index (χ3v) is 2.73. The lowest BCUT2D eigenvalue weighted by molar-refractivity contribution is 0.625. The number of benzene rings is 1. The fourth-order valence-electron chi connectivity index (χ4n) is 2.00. The van der Waals surface area contributed by atoms with E-state index in [1.54, 1.807) is 12.1 Å². The van der Waals surface area contributed by atoms with Gasteiger partial charge in [-0.05, 0) is 43.7 Å². The van der Waals surface area contributed by atoms with Gasteiger partial charge in [-0.25, -0.2) is 4.39 Å². The number of anilines is 1. The quantitative estimate of drug-likeness (QED) is 0.758. The molecule has 0 radical (unpaired) electrons. The van der Waals surface area contributed by atoms with Gasteiger partial charge in [0.1, 0.15) is 5.82 Å². The van der Waals surface area contributed by atoms with Gasteiger partial charge in [0.25, 0.3) is 0 Å². The van der Waals surface area contributed by atoms with E-state index in [4.69, 9.17) is 0 Å². The fourth-order valence-corrected chi connectivity index (χ4v) is 2.00. The fraction of sp³-hybridized carbons (Fsp3) is 0.500. The number of aryl methyl sites for hydroxylation is 1. The molecule has 1 N–H and O–H groups in total. The van der Waals surface area contributed by atoms with E-state index < -0.39 is 0 Å². The Morgan fingerprint density at radius 1 is 1.20 bits per heavy atom. The van der Waals surface area contributed by atoms with Crippen molar-refractivity contribution >= 4 is 5.69 Å². The topological polar surface area (TPSA) is 15.3 Å². The Kier molecular flexibility index (Phi) is 3.21. The number of hydrogen-bond acceptors (Lipinski definition) is 2. The lowest BCUT2D eigenvalue weighted by atomic mass is 10.2. The number of nitrogens with one attached hydrogen (secondary N) is 1. The van der Waals surface area contributed by atoms with Crippen LogP contribution in [0.1, 0.15) is 12.0 Å². The van der Waals surface area contributed by atoms with Crippen LogP contribution in [0.4, 0.5) is 10.1 Å². The molecule has 0 bridgehead atoms. The maximum Gasteiger partial charge on any atom is 0.125 e. The van der Waals surface area contributed by atoms with Gasteiger partial charge in [-0.2, -0.15) is 0 Å². The molecular weight excluding hydrogens is 191 g/mol. The Labute approximate surface area is 90.1 Å². The van der Waals surface area contributed by atoms with Crippen LogP contribution < -0.4 is 10.2 Å². The molecular formula is C12H17FN2. The third-order valence-electron chi connectivity index (χ3n) is 2.73. The number of halogens is 1. The van der Waals surface area contributed by atoms with Crippen LogP contribution in [0, 0.1) is 12.7 Å². The molecule has 2 nitrogen and oxygen atoms in total. The predicted octanol–water partition coefficient (Wildman–Crippen LogP) is 1.93. The Morgan fingerprint density at radius 3 is 2.87 bits per heavy atom. The summed E-state index contributed by atoms with van der Waals surface area (Å²) in [6.07, 6.45) is 1.12. The molecule has 0 amide bonds. The second kappa shape index (κ2) is 4.62. The minimum absolute atomic E-state index is 0.137. The first-order chi connectivity index (χ1) is 7.25. The summed E-state index contributed by atoms with van der Waals surface area (Å²) < 4.78 is 13.2. The molecule has 0 aromatic heterocycles. The third kappa shape index (κ3) is 2.69. The molecule has 3 heteroatoms. The van der Waals surface area contributed by atoms with Crippen LogP contribution >= 0.6 is 0 Å². The maximum atomic E-state index is 13.2. The van der Waals surface area contributed by atoms with E-state index in [1.165, 1.54) is 0 Å². The van der Waals surface area contributed by atoms with Crippen LogP contribution in [-0.4, -0.2) is 26.2 Å². The van der Waals surface area contributed by atoms with Crippen LogP contribution in [0.5, 0.6) is 0 Å². The van der Waals surface area contributed by atoms with Gasteiger partial charge in [-0.15, -0.1) is 0 Å². The van der Waals surface area contributed by atoms with Crippen molar-refractivity contribution in [3.8, 4) is 0 Å². The van der Waals surface area contributed by atoms with Crippen LogP contribution in [0.15, 0.2) is 18.2 Å². The van der Waals surface area contributed by atoms with Crippen molar-refractivity contribution < 1.29 is 4.39 Å². The molecule has 15 heavy (non-hydrogen) atoms. The maximum absolute atomic E-state index is 13.2. The van der Waals surface area contributed by atoms with Gasteiger partial charge in [0, 0.05) is 25.3 Å². The summed E-state index contributed by atoms with van der Waals surface area (Å²) in [6, 6.07) is 5.24. The summed E-state index contributed by atoms with van der Waals surface area (Å²) in [6.45, 7) is 5.95. The first kappa shape index (κ1) is 10.4. The first-order valence-electron chi connectivity index (χ1n) is 5.48. The molecule has 82 valence electrons. The number of rotatable bonds is 1. The van der Waals surface area contributed by atoms with Gasteiger partial charge in [0.2, 0.25) is 0 Å². The predicted molar refractivity (Wildman–Crippen MR) is 60.8 cm³/mol. The second-order valence-electron chi connectivity index (χ2n) is 4.08. The highest BCUT2D eigenvalue weighted by Gasteiger charge is 2.10. The lowest BCUT2D eigenvalue weighted by Gasteiger charge is -2.22. The van der Waals surface area contributed by atoms with Gasteiger partial charge in [0.05, 0.1) is 0 Å². The number of nitrogens with zero attached hydrogens (tertiary/aromatic N) is 1. The minimum atomic E-state index is -0.137. The molecule has 1 saturated heterocycles. The van der Waals surface area contributed by atoms with Crippen LogP contribution in [0.2, 0.25) is 0 Å². The Morgan fingerprint density at radius 2 is 2.07 bits per heavy atom. The highest BCUT2D eigenvalue weighted by molar-refractivity contribution is 5.49. The Hall–Kier alpha value is -1.09. The average Bonchev–Trinajstić information content (AvgIpc) is 2.43. The zero-order valence-electron chi connectivity index (χ0n) is 9.09. The second-order valence-corrected chi connectivity index (χ2v) is 4.08. The first-order valence-corrected chi connectivity index (χ1v) is 5.48. The van der Waals surface area contributed by atoms with Gasteiger partial charge >= 0.3 is 0 Å². The van der Waals surface area contributed by atoms with Crippen molar-refractivity contribution in [2.75, 3.05) is 31.1 Å². The zero-order chi connectivity index (χ0) is 10.7. The molecule has 1 aromatic carbocycles. The van der Waals surface area contributed by atoms with Gasteiger partial charge in [0.15, 0.2) is 0 Å². The summed E-state index contributed by atoms with van der Waals surface area (Å²) in [5.41, 5.74) is 2.00. The van der Waals surface area contributed by atoms with Crippen molar-refractivity contribution in [3.05, 3.63) is 29.6 Å². The monoisotopic (exact) mass is 208 g/mol. The van der Waals surface area contributed by atoms with E-state index >= 15 is 0 Å². The summed E-state index contributed by atoms with van der Waals surface area (Å²) in [5, 5.41) is 3.34. The van der Waals surface area contributed by atoms with Crippen molar-refractivity contribution in [1.29, 1.82) is 0 Å². The van der Waals surface area contributed by atoms with Gasteiger partial charge < -0.3 is 10.2 Å². The van der Waals surface area contributed by atoms with Crippen LogP contribution in [0.25, 0.3) is 0 Å². The Bertz CT molecular complexity index is 310. The van der Waals surface area contributed by atoms with E-state index in [0.717, 1.165) is 43.9 Å². The van der Waals surface area contributed by atoms with E-state index in [2.05, 4.69) is 16.3 Å². The molecule has 1 aliphatic heterocycles. The van der Waals surface area contributed by atoms with Gasteiger partial charge in [-0.3, -0.25) is 0 Å². The summed E-state index contributed by atoms with van der Waals surface area (Å²) in [4.78, 5) is 2.25. The molecule has 1 fully saturated rings. The molecule has 0 atom stereocenters. The smallest absolute Gasteiger partial charge is 0.125 e. The molecule has 1 aliphatic rings. The van der Waals surface area contributed by atoms with E-state index in [0.29, 0.717) is 0 Å². The zero-order valence-corrected chi connectivity index (χ0v) is 9.09. The standard InChI is InChI=1S/C12H17FN2/c1-10-7-11(13)9-12(8-10)15-5-2-3-14-4-6-15/h7-9,14H,2-6H2,1H3. The number of hydrogen-bond donors (Lipinski definition) is 1. The van der Waals surface area contributed by atoms with E-state index in [9.17, 15) is 4.39 Å². The summed E-state index contributed by atoms with van der Waals surface area (Å²) >= 11 is 0. The van der Waals surface area contributed by atoms with Gasteiger partial charge in [-0.1, -0.05) is 0 Å². The highest BCUT2D eigenvalue weighted by Crippen LogP contribution is 2.18. The van der Waals surface area contributed by atoms with E-state index in [-0.39, 0.29) is 5.82 Å². The van der Waals surface area contributed by atoms with Crippen molar-refractivity contribution in [3.63, 3.8) is 0 Å². The Balaban J connectivity index is 2.19. The van der Waals surface area contributed by atoms with Crippen LogP contribution in [0.3, 0.4) is 0 Å². The van der Waals surface area contributed by atoms with Crippen LogP contribution in [-0.2, 0) is 0 Å².